The third-order valence-electron chi connectivity index (χ3n) is 4.15. The van der Waals surface area contributed by atoms with Crippen molar-refractivity contribution in [2.45, 2.75) is 19.4 Å². The fourth-order valence-electron chi connectivity index (χ4n) is 2.89. The van der Waals surface area contributed by atoms with Gasteiger partial charge in [0.2, 0.25) is 0 Å². The number of nitrogens with zero attached hydrogens (tertiary/aromatic N) is 1. The zero-order valence-corrected chi connectivity index (χ0v) is 15.1. The third-order valence-corrected chi connectivity index (χ3v) is 4.58. The lowest BCUT2D eigenvalue weighted by Crippen LogP contribution is -2.28. The molecule has 6 heteroatoms. The number of hydrogen-bond donors (Lipinski definition) is 1. The van der Waals surface area contributed by atoms with Gasteiger partial charge in [-0.2, -0.15) is 0 Å². The summed E-state index contributed by atoms with van der Waals surface area (Å²) in [7, 11) is 0. The van der Waals surface area contributed by atoms with Crippen molar-refractivity contribution in [2.24, 2.45) is 0 Å². The van der Waals surface area contributed by atoms with Crippen molar-refractivity contribution in [3.8, 4) is 0 Å². The van der Waals surface area contributed by atoms with Crippen molar-refractivity contribution in [2.75, 3.05) is 13.1 Å². The van der Waals surface area contributed by atoms with E-state index in [9.17, 15) is 9.59 Å². The van der Waals surface area contributed by atoms with E-state index in [2.05, 4.69) is 5.32 Å². The maximum atomic E-state index is 12.4. The number of benzene rings is 2. The summed E-state index contributed by atoms with van der Waals surface area (Å²) >= 11 is 11.8. The largest absolute Gasteiger partial charge is 0.348 e. The van der Waals surface area contributed by atoms with Crippen LogP contribution in [0.1, 0.15) is 39.1 Å². The molecule has 1 N–H and O–H groups in total. The Balaban J connectivity index is 1.66. The molecule has 1 aliphatic rings. The Morgan fingerprint density at radius 2 is 1.64 bits per heavy atom. The summed E-state index contributed by atoms with van der Waals surface area (Å²) in [6.07, 6.45) is 2.12. The summed E-state index contributed by atoms with van der Waals surface area (Å²) in [4.78, 5) is 26.6. The molecule has 1 fully saturated rings. The van der Waals surface area contributed by atoms with Gasteiger partial charge >= 0.3 is 0 Å². The summed E-state index contributed by atoms with van der Waals surface area (Å²) in [6.45, 7) is 1.95. The van der Waals surface area contributed by atoms with Crippen molar-refractivity contribution in [1.29, 1.82) is 0 Å². The van der Waals surface area contributed by atoms with Gasteiger partial charge in [0.1, 0.15) is 0 Å². The standard InChI is InChI=1S/C19H18Cl2N2O2/c20-16-9-15(10-17(21)11-16)18(24)22-12-13-4-3-5-14(8-13)19(25)23-6-1-2-7-23/h3-5,8-11H,1-2,6-7,12H2,(H,22,24). The second-order valence-corrected chi connectivity index (χ2v) is 6.91. The topological polar surface area (TPSA) is 49.4 Å². The van der Waals surface area contributed by atoms with Gasteiger partial charge in [0.15, 0.2) is 0 Å². The molecular weight excluding hydrogens is 359 g/mol. The van der Waals surface area contributed by atoms with Crippen LogP contribution >= 0.6 is 23.2 Å². The van der Waals surface area contributed by atoms with Gasteiger partial charge in [-0.15, -0.1) is 0 Å². The fraction of sp³-hybridized carbons (Fsp3) is 0.263. The molecule has 0 spiro atoms. The molecule has 0 aromatic heterocycles. The normalized spacial score (nSPS) is 13.8. The lowest BCUT2D eigenvalue weighted by Gasteiger charge is -2.15. The number of carbonyl (C=O) groups is 2. The maximum Gasteiger partial charge on any atom is 0.253 e. The molecule has 3 rings (SSSR count). The molecule has 2 aromatic rings. The first-order chi connectivity index (χ1) is 12.0. The molecule has 0 radical (unpaired) electrons. The summed E-state index contributed by atoms with van der Waals surface area (Å²) < 4.78 is 0. The Hall–Kier alpha value is -2.04. The predicted octanol–water partition coefficient (Wildman–Crippen LogP) is 4.16. The van der Waals surface area contributed by atoms with Crippen LogP contribution in [0.3, 0.4) is 0 Å². The fourth-order valence-corrected chi connectivity index (χ4v) is 3.41. The lowest BCUT2D eigenvalue weighted by molar-refractivity contribution is 0.0792. The Bertz CT molecular complexity index is 782. The monoisotopic (exact) mass is 376 g/mol. The number of rotatable bonds is 4. The molecule has 2 amide bonds. The van der Waals surface area contributed by atoms with Crippen molar-refractivity contribution in [1.82, 2.24) is 10.2 Å². The van der Waals surface area contributed by atoms with Gasteiger partial charge in [-0.25, -0.2) is 0 Å². The summed E-state index contributed by atoms with van der Waals surface area (Å²) in [5.41, 5.74) is 1.92. The van der Waals surface area contributed by atoms with Gasteiger partial charge in [-0.3, -0.25) is 9.59 Å². The van der Waals surface area contributed by atoms with E-state index in [0.29, 0.717) is 27.7 Å². The van der Waals surface area contributed by atoms with Crippen LogP contribution in [0.5, 0.6) is 0 Å². The van der Waals surface area contributed by atoms with Crippen molar-refractivity contribution in [3.63, 3.8) is 0 Å². The van der Waals surface area contributed by atoms with Crippen LogP contribution in [0.2, 0.25) is 10.0 Å². The molecule has 1 aliphatic heterocycles. The summed E-state index contributed by atoms with van der Waals surface area (Å²) in [5, 5.41) is 3.65. The molecular formula is C19H18Cl2N2O2. The van der Waals surface area contributed by atoms with Gasteiger partial charge < -0.3 is 10.2 Å². The highest BCUT2D eigenvalue weighted by Crippen LogP contribution is 2.19. The van der Waals surface area contributed by atoms with E-state index in [4.69, 9.17) is 23.2 Å². The number of amides is 2. The molecule has 130 valence electrons. The van der Waals surface area contributed by atoms with E-state index in [0.717, 1.165) is 31.5 Å². The van der Waals surface area contributed by atoms with Crippen LogP contribution in [-0.4, -0.2) is 29.8 Å². The number of likely N-dealkylation sites (tertiary alicyclic amines) is 1. The van der Waals surface area contributed by atoms with E-state index in [-0.39, 0.29) is 11.8 Å². The molecule has 0 saturated carbocycles. The van der Waals surface area contributed by atoms with E-state index in [1.165, 1.54) is 0 Å². The molecule has 1 saturated heterocycles. The molecule has 2 aromatic carbocycles. The minimum atomic E-state index is -0.263. The second-order valence-electron chi connectivity index (χ2n) is 6.04. The molecule has 4 nitrogen and oxygen atoms in total. The van der Waals surface area contributed by atoms with Crippen LogP contribution in [0, 0.1) is 0 Å². The van der Waals surface area contributed by atoms with E-state index < -0.39 is 0 Å². The van der Waals surface area contributed by atoms with Gasteiger partial charge in [0, 0.05) is 40.8 Å². The number of nitrogens with one attached hydrogen (secondary N) is 1. The molecule has 1 heterocycles. The molecule has 25 heavy (non-hydrogen) atoms. The van der Waals surface area contributed by atoms with Gasteiger partial charge in [-0.1, -0.05) is 35.3 Å². The second kappa shape index (κ2) is 7.89. The van der Waals surface area contributed by atoms with Crippen molar-refractivity contribution in [3.05, 3.63) is 69.2 Å². The zero-order chi connectivity index (χ0) is 17.8. The summed E-state index contributed by atoms with van der Waals surface area (Å²) in [6, 6.07) is 12.1. The highest BCUT2D eigenvalue weighted by Gasteiger charge is 2.19. The maximum absolute atomic E-state index is 12.4. The highest BCUT2D eigenvalue weighted by molar-refractivity contribution is 6.35. The van der Waals surface area contributed by atoms with Crippen molar-refractivity contribution < 1.29 is 9.59 Å². The van der Waals surface area contributed by atoms with Gasteiger partial charge in [0.05, 0.1) is 0 Å². The van der Waals surface area contributed by atoms with E-state index in [1.807, 2.05) is 29.2 Å². The van der Waals surface area contributed by atoms with Crippen LogP contribution in [0.15, 0.2) is 42.5 Å². The lowest BCUT2D eigenvalue weighted by atomic mass is 10.1. The van der Waals surface area contributed by atoms with Crippen LogP contribution in [0.25, 0.3) is 0 Å². The third kappa shape index (κ3) is 4.53. The van der Waals surface area contributed by atoms with Crippen LogP contribution in [0.4, 0.5) is 0 Å². The minimum absolute atomic E-state index is 0.0484. The van der Waals surface area contributed by atoms with E-state index in [1.54, 1.807) is 18.2 Å². The Kier molecular flexibility index (Phi) is 5.61. The first-order valence-corrected chi connectivity index (χ1v) is 8.91. The Morgan fingerprint density at radius 3 is 2.32 bits per heavy atom. The quantitative estimate of drug-likeness (QED) is 0.870. The predicted molar refractivity (Wildman–Crippen MR) is 99.2 cm³/mol. The smallest absolute Gasteiger partial charge is 0.253 e. The molecule has 0 bridgehead atoms. The average molecular weight is 377 g/mol. The highest BCUT2D eigenvalue weighted by atomic mass is 35.5. The van der Waals surface area contributed by atoms with Gasteiger partial charge in [0.25, 0.3) is 11.8 Å². The molecule has 0 atom stereocenters. The molecule has 0 aliphatic carbocycles. The SMILES string of the molecule is O=C(NCc1cccc(C(=O)N2CCCC2)c1)c1cc(Cl)cc(Cl)c1. The summed E-state index contributed by atoms with van der Waals surface area (Å²) in [5.74, 6) is -0.215. The first kappa shape index (κ1) is 17.8. The average Bonchev–Trinajstić information content (AvgIpc) is 3.13. The van der Waals surface area contributed by atoms with Crippen LogP contribution in [-0.2, 0) is 6.54 Å². The first-order valence-electron chi connectivity index (χ1n) is 8.15. The number of halogens is 2. The molecule has 0 unspecified atom stereocenters. The van der Waals surface area contributed by atoms with Crippen molar-refractivity contribution >= 4 is 35.0 Å². The minimum Gasteiger partial charge on any atom is -0.348 e. The van der Waals surface area contributed by atoms with Crippen LogP contribution < -0.4 is 5.32 Å². The number of carbonyl (C=O) groups excluding carboxylic acids is 2. The Labute approximate surface area is 156 Å². The van der Waals surface area contributed by atoms with Gasteiger partial charge in [-0.05, 0) is 48.7 Å². The zero-order valence-electron chi connectivity index (χ0n) is 13.6. The van der Waals surface area contributed by atoms with E-state index >= 15 is 0 Å². The number of hydrogen-bond acceptors (Lipinski definition) is 2. The Morgan fingerprint density at radius 1 is 0.960 bits per heavy atom.